The molecule has 6 heteroatoms. The normalized spacial score (nSPS) is 12.2. The Morgan fingerprint density at radius 2 is 2.27 bits per heavy atom. The van der Waals surface area contributed by atoms with Gasteiger partial charge in [0.2, 0.25) is 0 Å². The minimum atomic E-state index is -1.05. The van der Waals surface area contributed by atoms with Crippen molar-refractivity contribution in [3.05, 3.63) is 23.4 Å². The van der Waals surface area contributed by atoms with Gasteiger partial charge in [-0.3, -0.25) is 5.21 Å². The number of anilines is 1. The van der Waals surface area contributed by atoms with Crippen LogP contribution in [0.15, 0.2) is 18.2 Å². The molecule has 1 aromatic carbocycles. The Labute approximate surface area is 87.2 Å². The van der Waals surface area contributed by atoms with Crippen LogP contribution in [-0.4, -0.2) is 28.4 Å². The van der Waals surface area contributed by atoms with Crippen molar-refractivity contribution in [1.29, 1.82) is 0 Å². The molecule has 1 aromatic rings. The first-order valence-corrected chi connectivity index (χ1v) is 4.47. The van der Waals surface area contributed by atoms with Crippen LogP contribution in [0.3, 0.4) is 0 Å². The van der Waals surface area contributed by atoms with Crippen LogP contribution in [-0.2, 0) is 0 Å². The molecule has 4 N–H and O–H groups in total. The van der Waals surface area contributed by atoms with Gasteiger partial charge >= 0.3 is 0 Å². The zero-order valence-corrected chi connectivity index (χ0v) is 8.40. The van der Waals surface area contributed by atoms with Crippen molar-refractivity contribution in [1.82, 2.24) is 0 Å². The van der Waals surface area contributed by atoms with Gasteiger partial charge in [-0.05, 0) is 13.0 Å². The lowest BCUT2D eigenvalue weighted by molar-refractivity contribution is -0.990. The van der Waals surface area contributed by atoms with Crippen LogP contribution >= 0.6 is 0 Å². The maximum atomic E-state index is 10.9. The summed E-state index contributed by atoms with van der Waals surface area (Å²) in [5.74, 6) is 0. The van der Waals surface area contributed by atoms with Gasteiger partial charge in [0.15, 0.2) is 12.4 Å². The monoisotopic (exact) mass is 212 g/mol. The minimum Gasteiger partial charge on any atom is -0.595 e. The van der Waals surface area contributed by atoms with Crippen LogP contribution in [0.2, 0.25) is 0 Å². The number of nitrogens with zero attached hydrogens (tertiary/aromatic N) is 1. The molecule has 0 heterocycles. The van der Waals surface area contributed by atoms with E-state index in [9.17, 15) is 5.21 Å². The predicted octanol–water partition coefficient (Wildman–Crippen LogP) is 0.256. The van der Waals surface area contributed by atoms with Crippen molar-refractivity contribution in [2.45, 2.75) is 6.92 Å². The van der Waals surface area contributed by atoms with Crippen LogP contribution in [0.4, 0.5) is 17.1 Å². The molecule has 0 aliphatic rings. The van der Waals surface area contributed by atoms with Crippen LogP contribution in [0.5, 0.6) is 0 Å². The number of quaternary nitrogens is 1. The van der Waals surface area contributed by atoms with Crippen molar-refractivity contribution in [2.24, 2.45) is 0 Å². The highest BCUT2D eigenvalue weighted by Gasteiger charge is 2.14. The zero-order chi connectivity index (χ0) is 11.4. The molecule has 0 saturated heterocycles. The Kier molecular flexibility index (Phi) is 3.62. The summed E-state index contributed by atoms with van der Waals surface area (Å²) in [6.45, 7) is 5.77. The highest BCUT2D eigenvalue weighted by Crippen LogP contribution is 2.23. The quantitative estimate of drug-likeness (QED) is 0.249. The third-order valence-corrected chi connectivity index (χ3v) is 1.90. The Balaban J connectivity index is 3.14. The van der Waals surface area contributed by atoms with Gasteiger partial charge in [0.05, 0.1) is 11.8 Å². The summed E-state index contributed by atoms with van der Waals surface area (Å²) >= 11 is 0. The van der Waals surface area contributed by atoms with E-state index < -0.39 is 5.23 Å². The molecule has 1 rings (SSSR count). The third kappa shape index (κ3) is 2.66. The summed E-state index contributed by atoms with van der Waals surface area (Å²) < 4.78 is 0.627. The van der Waals surface area contributed by atoms with Gasteiger partial charge in [-0.25, -0.2) is 5.21 Å². The molecule has 1 unspecified atom stereocenters. The third-order valence-electron chi connectivity index (χ3n) is 1.90. The maximum Gasteiger partial charge on any atom is 0.262 e. The van der Waals surface area contributed by atoms with E-state index in [4.69, 9.17) is 10.4 Å². The van der Waals surface area contributed by atoms with Gasteiger partial charge in [0.1, 0.15) is 0 Å². The van der Waals surface area contributed by atoms with Crippen molar-refractivity contribution in [3.8, 4) is 0 Å². The van der Waals surface area contributed by atoms with E-state index >= 15 is 0 Å². The number of hydrogen-bond donors (Lipinski definition) is 4. The summed E-state index contributed by atoms with van der Waals surface area (Å²) in [4.78, 5) is 0. The molecule has 0 spiro atoms. The summed E-state index contributed by atoms with van der Waals surface area (Å²) in [5.41, 5.74) is 0.960. The van der Waals surface area contributed by atoms with E-state index in [1.165, 1.54) is 6.07 Å². The maximum absolute atomic E-state index is 10.9. The van der Waals surface area contributed by atoms with Crippen molar-refractivity contribution in [2.75, 3.05) is 11.9 Å². The second-order valence-corrected chi connectivity index (χ2v) is 2.96. The number of rotatable bonds is 4. The van der Waals surface area contributed by atoms with Crippen LogP contribution < -0.4 is 10.5 Å². The molecule has 6 nitrogen and oxygen atoms in total. The van der Waals surface area contributed by atoms with E-state index in [2.05, 4.69) is 12.0 Å². The van der Waals surface area contributed by atoms with Gasteiger partial charge in [-0.2, -0.15) is 5.23 Å². The summed E-state index contributed by atoms with van der Waals surface area (Å²) in [5, 5.41) is 30.8. The summed E-state index contributed by atoms with van der Waals surface area (Å²) in [6.07, 6.45) is 0. The molecule has 82 valence electrons. The first-order chi connectivity index (χ1) is 7.06. The van der Waals surface area contributed by atoms with Gasteiger partial charge in [-0.1, -0.05) is 0 Å². The molecule has 15 heavy (non-hydrogen) atoms. The molecule has 0 aliphatic carbocycles. The largest absolute Gasteiger partial charge is 0.595 e. The van der Waals surface area contributed by atoms with Gasteiger partial charge in [-0.15, -0.1) is 0 Å². The molecule has 0 fully saturated rings. The Bertz CT molecular complexity index is 366. The molecule has 0 bridgehead atoms. The second-order valence-electron chi connectivity index (χ2n) is 2.96. The van der Waals surface area contributed by atoms with E-state index in [1.807, 2.05) is 6.92 Å². The lowest BCUT2D eigenvalue weighted by atomic mass is 10.2. The molecular formula is C9H14N3O3+. The average Bonchev–Trinajstić information content (AvgIpc) is 2.18. The lowest BCUT2D eigenvalue weighted by Crippen LogP contribution is -2.99. The smallest absolute Gasteiger partial charge is 0.262 e. The van der Waals surface area contributed by atoms with Crippen molar-refractivity contribution in [3.63, 3.8) is 0 Å². The fourth-order valence-electron chi connectivity index (χ4n) is 1.21. The lowest BCUT2D eigenvalue weighted by Gasteiger charge is -2.15. The number of hydrogen-bond acceptors (Lipinski definition) is 4. The average molecular weight is 212 g/mol. The van der Waals surface area contributed by atoms with E-state index in [1.54, 1.807) is 12.1 Å². The number of nitrogens with one attached hydrogen (secondary N) is 2. The molecule has 0 radical (unpaired) electrons. The molecule has 0 aromatic heterocycles. The van der Waals surface area contributed by atoms with Crippen LogP contribution in [0.25, 0.3) is 0 Å². The summed E-state index contributed by atoms with van der Waals surface area (Å²) in [7, 11) is 0. The molecule has 1 atom stereocenters. The zero-order valence-electron chi connectivity index (χ0n) is 8.40. The first-order valence-electron chi connectivity index (χ1n) is 4.47. The second kappa shape index (κ2) is 4.74. The Morgan fingerprint density at radius 1 is 1.60 bits per heavy atom. The SMILES string of the molecule is C=[N+](O)c1ccc(NCC)c([NH+]([O-])O)c1. The number of benzene rings is 1. The molecular weight excluding hydrogens is 198 g/mol. The van der Waals surface area contributed by atoms with Gasteiger partial charge in [0.25, 0.3) is 5.69 Å². The molecule has 0 aliphatic heterocycles. The Hall–Kier alpha value is -1.63. The minimum absolute atomic E-state index is 0.108. The highest BCUT2D eigenvalue weighted by molar-refractivity contribution is 5.65. The van der Waals surface area contributed by atoms with E-state index in [0.29, 0.717) is 22.7 Å². The van der Waals surface area contributed by atoms with Gasteiger partial charge < -0.3 is 10.5 Å². The highest BCUT2D eigenvalue weighted by atomic mass is 16.8. The van der Waals surface area contributed by atoms with Crippen LogP contribution in [0, 0.1) is 5.21 Å². The standard InChI is InChI=1S/C9H14N3O3/c1-3-10-8-5-4-7(11(2)13)6-9(8)12(14)15/h4-6,10,12-14H,2-3H2,1H3/q+1. The van der Waals surface area contributed by atoms with Crippen molar-refractivity contribution >= 4 is 23.8 Å². The van der Waals surface area contributed by atoms with Crippen LogP contribution in [0.1, 0.15) is 6.92 Å². The summed E-state index contributed by atoms with van der Waals surface area (Å²) in [6, 6.07) is 4.53. The predicted molar refractivity (Wildman–Crippen MR) is 55.2 cm³/mol. The fourth-order valence-corrected chi connectivity index (χ4v) is 1.21. The topological polar surface area (TPSA) is 83.0 Å². The van der Waals surface area contributed by atoms with E-state index in [-0.39, 0.29) is 5.69 Å². The Morgan fingerprint density at radius 3 is 2.73 bits per heavy atom. The molecule has 0 amide bonds. The molecule has 0 saturated carbocycles. The fraction of sp³-hybridized carbons (Fsp3) is 0.222. The first kappa shape index (κ1) is 11.4. The van der Waals surface area contributed by atoms with Crippen molar-refractivity contribution < 1.29 is 20.4 Å². The van der Waals surface area contributed by atoms with E-state index in [0.717, 1.165) is 0 Å². The van der Waals surface area contributed by atoms with Gasteiger partial charge in [0, 0.05) is 17.3 Å².